The summed E-state index contributed by atoms with van der Waals surface area (Å²) in [6.07, 6.45) is 0.870. The zero-order valence-corrected chi connectivity index (χ0v) is 10.4. The molecule has 0 bridgehead atoms. The van der Waals surface area contributed by atoms with Gasteiger partial charge in [0, 0.05) is 5.56 Å². The molecule has 0 atom stereocenters. The van der Waals surface area contributed by atoms with Gasteiger partial charge in [-0.3, -0.25) is 0 Å². The van der Waals surface area contributed by atoms with Crippen molar-refractivity contribution in [3.63, 3.8) is 0 Å². The van der Waals surface area contributed by atoms with E-state index in [-0.39, 0.29) is 23.4 Å². The van der Waals surface area contributed by atoms with Gasteiger partial charge in [0.1, 0.15) is 6.26 Å². The van der Waals surface area contributed by atoms with E-state index in [0.29, 0.717) is 5.56 Å². The number of oxazole rings is 1. The molecule has 0 saturated carbocycles. The van der Waals surface area contributed by atoms with Crippen molar-refractivity contribution in [2.75, 3.05) is 0 Å². The zero-order chi connectivity index (χ0) is 14.0. The normalized spacial score (nSPS) is 10.7. The number of hydrogen-bond donors (Lipinski definition) is 1. The van der Waals surface area contributed by atoms with Gasteiger partial charge >= 0.3 is 5.97 Å². The van der Waals surface area contributed by atoms with Gasteiger partial charge in [0.15, 0.2) is 17.3 Å². The Morgan fingerprint density at radius 1 is 1.47 bits per heavy atom. The molecule has 0 amide bonds. The second-order valence-corrected chi connectivity index (χ2v) is 4.15. The highest BCUT2D eigenvalue weighted by Gasteiger charge is 2.14. The molecule has 2 aromatic rings. The van der Waals surface area contributed by atoms with Crippen LogP contribution in [-0.4, -0.2) is 22.2 Å². The fraction of sp³-hybridized carbons (Fsp3) is 0.231. The Bertz CT molecular complexity index is 606. The lowest BCUT2D eigenvalue weighted by molar-refractivity contribution is 0.0690. The summed E-state index contributed by atoms with van der Waals surface area (Å²) in [5.41, 5.74) is 0.124. The highest BCUT2D eigenvalue weighted by Crippen LogP contribution is 2.25. The number of benzene rings is 1. The average Bonchev–Trinajstić information content (AvgIpc) is 2.80. The summed E-state index contributed by atoms with van der Waals surface area (Å²) >= 11 is 0. The summed E-state index contributed by atoms with van der Waals surface area (Å²) in [7, 11) is 0. The van der Waals surface area contributed by atoms with Crippen LogP contribution in [0.1, 0.15) is 24.3 Å². The molecule has 0 aliphatic rings. The topological polar surface area (TPSA) is 72.6 Å². The van der Waals surface area contributed by atoms with Crippen molar-refractivity contribution in [1.29, 1.82) is 0 Å². The molecule has 0 unspecified atom stereocenters. The molecule has 2 rings (SSSR count). The smallest absolute Gasteiger partial charge is 0.357 e. The van der Waals surface area contributed by atoms with Crippen molar-refractivity contribution in [2.24, 2.45) is 0 Å². The van der Waals surface area contributed by atoms with Gasteiger partial charge in [-0.1, -0.05) is 0 Å². The van der Waals surface area contributed by atoms with Crippen LogP contribution in [0.25, 0.3) is 11.5 Å². The minimum absolute atomic E-state index is 0.0485. The van der Waals surface area contributed by atoms with Crippen LogP contribution in [0, 0.1) is 5.82 Å². The Hall–Kier alpha value is -2.37. The van der Waals surface area contributed by atoms with Crippen LogP contribution in [0.5, 0.6) is 5.75 Å². The van der Waals surface area contributed by atoms with Crippen LogP contribution in [0.3, 0.4) is 0 Å². The summed E-state index contributed by atoms with van der Waals surface area (Å²) in [6.45, 7) is 3.58. The molecular weight excluding hydrogens is 253 g/mol. The lowest BCUT2D eigenvalue weighted by atomic mass is 10.2. The summed E-state index contributed by atoms with van der Waals surface area (Å²) in [6, 6.07) is 4.20. The molecule has 6 heteroatoms. The van der Waals surface area contributed by atoms with Crippen LogP contribution in [0.2, 0.25) is 0 Å². The summed E-state index contributed by atoms with van der Waals surface area (Å²) in [5.74, 6) is -1.58. The van der Waals surface area contributed by atoms with Gasteiger partial charge in [-0.15, -0.1) is 0 Å². The van der Waals surface area contributed by atoms with E-state index in [1.807, 2.05) is 0 Å². The fourth-order valence-electron chi connectivity index (χ4n) is 1.49. The SMILES string of the molecule is CC(C)Oc1ccc(-c2nc(C(=O)O)co2)cc1F. The van der Waals surface area contributed by atoms with E-state index < -0.39 is 11.8 Å². The minimum Gasteiger partial charge on any atom is -0.488 e. The molecule has 0 aliphatic carbocycles. The lowest BCUT2D eigenvalue weighted by Crippen LogP contribution is -2.06. The van der Waals surface area contributed by atoms with Crippen LogP contribution in [-0.2, 0) is 0 Å². The second kappa shape index (κ2) is 5.09. The van der Waals surface area contributed by atoms with E-state index in [1.165, 1.54) is 12.1 Å². The van der Waals surface area contributed by atoms with Crippen LogP contribution in [0.15, 0.2) is 28.9 Å². The Kier molecular flexibility index (Phi) is 3.50. The number of nitrogens with zero attached hydrogens (tertiary/aromatic N) is 1. The van der Waals surface area contributed by atoms with Crippen molar-refractivity contribution >= 4 is 5.97 Å². The molecule has 0 spiro atoms. The first-order valence-corrected chi connectivity index (χ1v) is 5.62. The Morgan fingerprint density at radius 3 is 2.74 bits per heavy atom. The first kappa shape index (κ1) is 13.1. The second-order valence-electron chi connectivity index (χ2n) is 4.15. The monoisotopic (exact) mass is 265 g/mol. The fourth-order valence-corrected chi connectivity index (χ4v) is 1.49. The number of halogens is 1. The predicted octanol–water partition coefficient (Wildman–Crippen LogP) is 2.97. The highest BCUT2D eigenvalue weighted by atomic mass is 19.1. The molecule has 5 nitrogen and oxygen atoms in total. The van der Waals surface area contributed by atoms with Crippen molar-refractivity contribution in [3.8, 4) is 17.2 Å². The maximum absolute atomic E-state index is 13.8. The molecule has 0 aliphatic heterocycles. The van der Waals surface area contributed by atoms with Crippen LogP contribution in [0.4, 0.5) is 4.39 Å². The Morgan fingerprint density at radius 2 is 2.21 bits per heavy atom. The molecule has 0 saturated heterocycles. The number of aromatic carboxylic acids is 1. The highest BCUT2D eigenvalue weighted by molar-refractivity contribution is 5.85. The number of rotatable bonds is 4. The first-order chi connectivity index (χ1) is 8.97. The van der Waals surface area contributed by atoms with E-state index >= 15 is 0 Å². The van der Waals surface area contributed by atoms with Gasteiger partial charge in [0.25, 0.3) is 0 Å². The van der Waals surface area contributed by atoms with Gasteiger partial charge in [0.2, 0.25) is 5.89 Å². The molecule has 1 heterocycles. The molecule has 1 aromatic heterocycles. The summed E-state index contributed by atoms with van der Waals surface area (Å²) in [4.78, 5) is 14.4. The third kappa shape index (κ3) is 2.90. The quantitative estimate of drug-likeness (QED) is 0.920. The van der Waals surface area contributed by atoms with Crippen molar-refractivity contribution < 1.29 is 23.4 Å². The number of hydrogen-bond acceptors (Lipinski definition) is 4. The van der Waals surface area contributed by atoms with Gasteiger partial charge < -0.3 is 14.3 Å². The van der Waals surface area contributed by atoms with E-state index in [1.54, 1.807) is 19.9 Å². The van der Waals surface area contributed by atoms with Crippen molar-refractivity contribution in [2.45, 2.75) is 20.0 Å². The van der Waals surface area contributed by atoms with Gasteiger partial charge in [-0.25, -0.2) is 14.2 Å². The molecule has 1 aromatic carbocycles. The zero-order valence-electron chi connectivity index (χ0n) is 10.4. The Balaban J connectivity index is 2.30. The first-order valence-electron chi connectivity index (χ1n) is 5.62. The molecule has 0 fully saturated rings. The maximum atomic E-state index is 13.8. The standard InChI is InChI=1S/C13H12FNO4/c1-7(2)19-11-4-3-8(5-9(11)14)12-15-10(6-18-12)13(16)17/h3-7H,1-2H3,(H,16,17). The largest absolute Gasteiger partial charge is 0.488 e. The van der Waals surface area contributed by atoms with E-state index in [9.17, 15) is 9.18 Å². The lowest BCUT2D eigenvalue weighted by Gasteiger charge is -2.10. The minimum atomic E-state index is -1.20. The number of carboxylic acid groups (broad SMARTS) is 1. The third-order valence-corrected chi connectivity index (χ3v) is 2.26. The van der Waals surface area contributed by atoms with E-state index in [2.05, 4.69) is 4.98 Å². The number of ether oxygens (including phenoxy) is 1. The van der Waals surface area contributed by atoms with Gasteiger partial charge in [0.05, 0.1) is 6.10 Å². The van der Waals surface area contributed by atoms with Crippen LogP contribution >= 0.6 is 0 Å². The van der Waals surface area contributed by atoms with Crippen molar-refractivity contribution in [3.05, 3.63) is 36.0 Å². The molecule has 0 radical (unpaired) electrons. The summed E-state index contributed by atoms with van der Waals surface area (Å²) in [5, 5.41) is 8.73. The van der Waals surface area contributed by atoms with Gasteiger partial charge in [-0.05, 0) is 32.0 Å². The number of aromatic nitrogens is 1. The maximum Gasteiger partial charge on any atom is 0.357 e. The molecule has 19 heavy (non-hydrogen) atoms. The molecular formula is C13H12FNO4. The van der Waals surface area contributed by atoms with Crippen LogP contribution < -0.4 is 4.74 Å². The predicted molar refractivity (Wildman–Crippen MR) is 64.6 cm³/mol. The Labute approximate surface area is 108 Å². The summed E-state index contributed by atoms with van der Waals surface area (Å²) < 4.78 is 24.0. The van der Waals surface area contributed by atoms with Gasteiger partial charge in [-0.2, -0.15) is 0 Å². The number of carbonyl (C=O) groups is 1. The number of carboxylic acids is 1. The average molecular weight is 265 g/mol. The third-order valence-electron chi connectivity index (χ3n) is 2.26. The van der Waals surface area contributed by atoms with Crippen molar-refractivity contribution in [1.82, 2.24) is 4.98 Å². The van der Waals surface area contributed by atoms with E-state index in [0.717, 1.165) is 6.26 Å². The molecule has 100 valence electrons. The van der Waals surface area contributed by atoms with E-state index in [4.69, 9.17) is 14.3 Å². The molecule has 1 N–H and O–H groups in total.